The van der Waals surface area contributed by atoms with E-state index in [9.17, 15) is 9.59 Å². The van der Waals surface area contributed by atoms with Crippen LogP contribution in [0.4, 0.5) is 0 Å². The summed E-state index contributed by atoms with van der Waals surface area (Å²) in [6, 6.07) is 5.44. The molecule has 0 radical (unpaired) electrons. The summed E-state index contributed by atoms with van der Waals surface area (Å²) in [7, 11) is 0. The molecule has 29 heavy (non-hydrogen) atoms. The van der Waals surface area contributed by atoms with Crippen molar-refractivity contribution in [2.75, 3.05) is 32.7 Å². The van der Waals surface area contributed by atoms with Gasteiger partial charge in [0, 0.05) is 24.1 Å². The fourth-order valence-electron chi connectivity index (χ4n) is 4.54. The number of aromatic nitrogens is 2. The number of nitrogens with zero attached hydrogens (tertiary/aromatic N) is 4. The summed E-state index contributed by atoms with van der Waals surface area (Å²) in [5, 5.41) is 0.533. The monoisotopic (exact) mass is 460 g/mol. The molecule has 1 unspecified atom stereocenters. The molecule has 2 aromatic rings. The number of piperidine rings is 2. The zero-order chi connectivity index (χ0) is 20.4. The second kappa shape index (κ2) is 8.96. The quantitative estimate of drug-likeness (QED) is 0.702. The van der Waals surface area contributed by atoms with E-state index < -0.39 is 0 Å². The average Bonchev–Trinajstić information content (AvgIpc) is 2.72. The summed E-state index contributed by atoms with van der Waals surface area (Å²) in [4.78, 5) is 34.5. The van der Waals surface area contributed by atoms with E-state index in [1.54, 1.807) is 6.07 Å². The van der Waals surface area contributed by atoms with Crippen LogP contribution >= 0.6 is 15.9 Å². The van der Waals surface area contributed by atoms with Gasteiger partial charge in [0.1, 0.15) is 6.54 Å². The molecule has 2 aliphatic heterocycles. The van der Waals surface area contributed by atoms with Gasteiger partial charge in [-0.05, 0) is 68.8 Å². The van der Waals surface area contributed by atoms with Gasteiger partial charge < -0.3 is 9.80 Å². The lowest BCUT2D eigenvalue weighted by atomic mass is 9.94. The molecule has 2 saturated heterocycles. The fraction of sp³-hybridized carbons (Fsp3) is 0.591. The van der Waals surface area contributed by atoms with Crippen molar-refractivity contribution in [3.8, 4) is 0 Å². The molecule has 1 atom stereocenters. The first-order chi connectivity index (χ1) is 14.0. The van der Waals surface area contributed by atoms with Crippen LogP contribution in [0.15, 0.2) is 33.8 Å². The standard InChI is InChI=1S/C22H29BrN4O2/c1-16-6-9-25(10-7-16)12-17-3-2-8-26(13-17)21(28)14-27-15-24-20-5-4-18(23)11-19(20)22(27)29/h4-5,11,15-17H,2-3,6-10,12-14H2,1H3. The van der Waals surface area contributed by atoms with E-state index in [0.717, 1.165) is 36.4 Å². The Bertz CT molecular complexity index is 936. The third-order valence-corrected chi connectivity index (χ3v) is 6.85. The van der Waals surface area contributed by atoms with Gasteiger partial charge in [-0.25, -0.2) is 4.98 Å². The predicted molar refractivity (Wildman–Crippen MR) is 118 cm³/mol. The first-order valence-corrected chi connectivity index (χ1v) is 11.4. The van der Waals surface area contributed by atoms with Crippen molar-refractivity contribution in [3.63, 3.8) is 0 Å². The van der Waals surface area contributed by atoms with Crippen molar-refractivity contribution in [3.05, 3.63) is 39.4 Å². The van der Waals surface area contributed by atoms with Gasteiger partial charge in [-0.1, -0.05) is 22.9 Å². The third kappa shape index (κ3) is 4.89. The number of hydrogen-bond donors (Lipinski definition) is 0. The van der Waals surface area contributed by atoms with E-state index in [-0.39, 0.29) is 18.0 Å². The van der Waals surface area contributed by atoms with E-state index in [1.807, 2.05) is 17.0 Å². The largest absolute Gasteiger partial charge is 0.341 e. The van der Waals surface area contributed by atoms with E-state index >= 15 is 0 Å². The van der Waals surface area contributed by atoms with Gasteiger partial charge in [-0.15, -0.1) is 0 Å². The maximum Gasteiger partial charge on any atom is 0.261 e. The van der Waals surface area contributed by atoms with Gasteiger partial charge >= 0.3 is 0 Å². The van der Waals surface area contributed by atoms with Crippen LogP contribution in [0.5, 0.6) is 0 Å². The highest BCUT2D eigenvalue weighted by atomic mass is 79.9. The maximum absolute atomic E-state index is 12.9. The molecule has 1 amide bonds. The molecule has 2 fully saturated rings. The number of carbonyl (C=O) groups is 1. The molecule has 7 heteroatoms. The first kappa shape index (κ1) is 20.5. The molecule has 0 aliphatic carbocycles. The van der Waals surface area contributed by atoms with Gasteiger partial charge in [0.2, 0.25) is 5.91 Å². The van der Waals surface area contributed by atoms with Crippen LogP contribution in [0.25, 0.3) is 10.9 Å². The summed E-state index contributed by atoms with van der Waals surface area (Å²) in [6.45, 7) is 7.42. The lowest BCUT2D eigenvalue weighted by Gasteiger charge is -2.38. The Morgan fingerprint density at radius 3 is 2.79 bits per heavy atom. The van der Waals surface area contributed by atoms with Gasteiger partial charge in [0.25, 0.3) is 5.56 Å². The smallest absolute Gasteiger partial charge is 0.261 e. The van der Waals surface area contributed by atoms with Gasteiger partial charge in [0.15, 0.2) is 0 Å². The number of rotatable bonds is 4. The molecule has 0 saturated carbocycles. The SMILES string of the molecule is CC1CCN(CC2CCCN(C(=O)Cn3cnc4ccc(Br)cc4c3=O)C2)CC1. The van der Waals surface area contributed by atoms with E-state index in [1.165, 1.54) is 43.2 Å². The Kier molecular flexibility index (Phi) is 6.35. The van der Waals surface area contributed by atoms with Crippen LogP contribution in [0, 0.1) is 11.8 Å². The third-order valence-electron chi connectivity index (χ3n) is 6.36. The summed E-state index contributed by atoms with van der Waals surface area (Å²) < 4.78 is 2.27. The fourth-order valence-corrected chi connectivity index (χ4v) is 4.90. The number of benzene rings is 1. The van der Waals surface area contributed by atoms with Crippen LogP contribution < -0.4 is 5.56 Å². The molecule has 156 valence electrons. The number of fused-ring (bicyclic) bond motifs is 1. The number of hydrogen-bond acceptors (Lipinski definition) is 4. The number of carbonyl (C=O) groups excluding carboxylic acids is 1. The summed E-state index contributed by atoms with van der Waals surface area (Å²) in [5.41, 5.74) is 0.483. The molecule has 1 aromatic carbocycles. The minimum atomic E-state index is -0.166. The molecule has 2 aliphatic rings. The molecule has 0 spiro atoms. The van der Waals surface area contributed by atoms with E-state index in [2.05, 4.69) is 32.7 Å². The second-order valence-corrected chi connectivity index (χ2v) is 9.59. The zero-order valence-corrected chi connectivity index (χ0v) is 18.6. The Labute approximate surface area is 180 Å². The first-order valence-electron chi connectivity index (χ1n) is 10.6. The molecule has 1 aromatic heterocycles. The summed E-state index contributed by atoms with van der Waals surface area (Å²) in [5.74, 6) is 1.38. The van der Waals surface area contributed by atoms with E-state index in [0.29, 0.717) is 16.8 Å². The van der Waals surface area contributed by atoms with Crippen molar-refractivity contribution < 1.29 is 4.79 Å². The summed E-state index contributed by atoms with van der Waals surface area (Å²) in [6.07, 6.45) is 6.28. The molecule has 0 bridgehead atoms. The molecule has 3 heterocycles. The van der Waals surface area contributed by atoms with Crippen molar-refractivity contribution in [2.24, 2.45) is 11.8 Å². The normalized spacial score (nSPS) is 21.6. The Morgan fingerprint density at radius 2 is 2.00 bits per heavy atom. The summed E-state index contributed by atoms with van der Waals surface area (Å²) >= 11 is 3.40. The van der Waals surface area contributed by atoms with Crippen LogP contribution in [0.3, 0.4) is 0 Å². The van der Waals surface area contributed by atoms with Crippen LogP contribution in [-0.2, 0) is 11.3 Å². The number of amides is 1. The van der Waals surface area contributed by atoms with Crippen LogP contribution in [0.2, 0.25) is 0 Å². The zero-order valence-electron chi connectivity index (χ0n) is 17.0. The second-order valence-electron chi connectivity index (χ2n) is 8.67. The number of likely N-dealkylation sites (tertiary alicyclic amines) is 2. The maximum atomic E-state index is 12.9. The predicted octanol–water partition coefficient (Wildman–Crippen LogP) is 3.13. The lowest BCUT2D eigenvalue weighted by Crippen LogP contribution is -2.46. The highest BCUT2D eigenvalue weighted by Crippen LogP contribution is 2.22. The lowest BCUT2D eigenvalue weighted by molar-refractivity contribution is -0.133. The van der Waals surface area contributed by atoms with Gasteiger partial charge in [-0.2, -0.15) is 0 Å². The average molecular weight is 461 g/mol. The minimum Gasteiger partial charge on any atom is -0.341 e. The molecular formula is C22H29BrN4O2. The molecule has 0 N–H and O–H groups in total. The van der Waals surface area contributed by atoms with Crippen LogP contribution in [0.1, 0.15) is 32.6 Å². The highest BCUT2D eigenvalue weighted by Gasteiger charge is 2.26. The van der Waals surface area contributed by atoms with Crippen molar-refractivity contribution in [1.29, 1.82) is 0 Å². The Balaban J connectivity index is 1.40. The molecule has 6 nitrogen and oxygen atoms in total. The van der Waals surface area contributed by atoms with Gasteiger partial charge in [0.05, 0.1) is 17.2 Å². The van der Waals surface area contributed by atoms with Crippen LogP contribution in [-0.4, -0.2) is 58.0 Å². The van der Waals surface area contributed by atoms with Crippen molar-refractivity contribution >= 4 is 32.7 Å². The highest BCUT2D eigenvalue weighted by molar-refractivity contribution is 9.10. The van der Waals surface area contributed by atoms with Crippen molar-refractivity contribution in [1.82, 2.24) is 19.4 Å². The topological polar surface area (TPSA) is 58.4 Å². The van der Waals surface area contributed by atoms with E-state index in [4.69, 9.17) is 0 Å². The van der Waals surface area contributed by atoms with Gasteiger partial charge in [-0.3, -0.25) is 14.2 Å². The molecular weight excluding hydrogens is 432 g/mol. The Hall–Kier alpha value is -1.73. The number of halogens is 1. The Morgan fingerprint density at radius 1 is 1.21 bits per heavy atom. The molecule has 4 rings (SSSR count). The minimum absolute atomic E-state index is 0.0141. The van der Waals surface area contributed by atoms with Crippen molar-refractivity contribution in [2.45, 2.75) is 39.2 Å².